The molecular formula is C16H21ClN2O3. The summed E-state index contributed by atoms with van der Waals surface area (Å²) in [6.45, 7) is 7.19. The van der Waals surface area contributed by atoms with Crippen molar-refractivity contribution < 1.29 is 9.21 Å². The van der Waals surface area contributed by atoms with Crippen molar-refractivity contribution in [3.63, 3.8) is 0 Å². The monoisotopic (exact) mass is 324 g/mol. The summed E-state index contributed by atoms with van der Waals surface area (Å²) in [4.78, 5) is 28.1. The van der Waals surface area contributed by atoms with Crippen molar-refractivity contribution in [2.75, 3.05) is 12.4 Å². The highest BCUT2D eigenvalue weighted by molar-refractivity contribution is 6.27. The largest absolute Gasteiger partial charge is 0.459 e. The number of carbonyl (C=O) groups excluding carboxylic acids is 1. The smallest absolute Gasteiger partial charge is 0.259 e. The van der Waals surface area contributed by atoms with Gasteiger partial charge in [-0.2, -0.15) is 0 Å². The summed E-state index contributed by atoms with van der Waals surface area (Å²) in [6.07, 6.45) is 2.48. The van der Waals surface area contributed by atoms with Gasteiger partial charge < -0.3 is 14.3 Å². The minimum Gasteiger partial charge on any atom is -0.459 e. The zero-order chi connectivity index (χ0) is 16.3. The van der Waals surface area contributed by atoms with Crippen molar-refractivity contribution in [2.45, 2.75) is 33.7 Å². The predicted octanol–water partition coefficient (Wildman–Crippen LogP) is 3.12. The van der Waals surface area contributed by atoms with E-state index in [9.17, 15) is 9.59 Å². The first kappa shape index (κ1) is 16.6. The Morgan fingerprint density at radius 3 is 2.77 bits per heavy atom. The first-order valence-electron chi connectivity index (χ1n) is 7.30. The number of H-pyrrole nitrogens is 1. The Kier molecular flexibility index (Phi) is 4.96. The lowest BCUT2D eigenvalue weighted by Gasteiger charge is -2.31. The molecule has 2 heterocycles. The molecule has 0 radical (unpaired) electrons. The van der Waals surface area contributed by atoms with Crippen LogP contribution in [0.5, 0.6) is 0 Å². The van der Waals surface area contributed by atoms with Crippen molar-refractivity contribution in [1.82, 2.24) is 9.88 Å². The van der Waals surface area contributed by atoms with Crippen LogP contribution in [0.15, 0.2) is 27.5 Å². The fourth-order valence-electron chi connectivity index (χ4n) is 2.24. The molecule has 0 aliphatic heterocycles. The summed E-state index contributed by atoms with van der Waals surface area (Å²) >= 11 is 5.71. The van der Waals surface area contributed by atoms with E-state index in [0.29, 0.717) is 29.8 Å². The van der Waals surface area contributed by atoms with Gasteiger partial charge in [-0.1, -0.05) is 20.8 Å². The third-order valence-corrected chi connectivity index (χ3v) is 4.12. The third kappa shape index (κ3) is 3.71. The Morgan fingerprint density at radius 1 is 1.45 bits per heavy atom. The topological polar surface area (TPSA) is 66.3 Å². The summed E-state index contributed by atoms with van der Waals surface area (Å²) < 4.78 is 5.67. The lowest BCUT2D eigenvalue weighted by Crippen LogP contribution is -2.38. The van der Waals surface area contributed by atoms with Crippen molar-refractivity contribution in [2.24, 2.45) is 5.41 Å². The molecular weight excluding hydrogens is 304 g/mol. The number of rotatable bonds is 6. The Hall–Kier alpha value is -1.75. The number of nitrogens with one attached hydrogen (secondary N) is 1. The van der Waals surface area contributed by atoms with Gasteiger partial charge in [0.2, 0.25) is 5.91 Å². The fraction of sp³-hybridized carbons (Fsp3) is 0.500. The molecule has 2 aromatic heterocycles. The zero-order valence-electron chi connectivity index (χ0n) is 13.1. The average Bonchev–Trinajstić information content (AvgIpc) is 2.89. The van der Waals surface area contributed by atoms with Crippen molar-refractivity contribution in [3.8, 4) is 0 Å². The first-order valence-corrected chi connectivity index (χ1v) is 7.83. The highest BCUT2D eigenvalue weighted by Gasteiger charge is 2.24. The number of hydrogen-bond donors (Lipinski definition) is 1. The lowest BCUT2D eigenvalue weighted by atomic mass is 9.89. The molecule has 0 atom stereocenters. The molecule has 2 aromatic rings. The molecule has 0 aromatic carbocycles. The first-order chi connectivity index (χ1) is 10.4. The number of aromatic amines is 1. The van der Waals surface area contributed by atoms with Gasteiger partial charge in [0.15, 0.2) is 0 Å². The highest BCUT2D eigenvalue weighted by Crippen LogP contribution is 2.24. The number of furan rings is 1. The minimum atomic E-state index is -0.198. The Bertz CT molecular complexity index is 717. The number of nitrogens with zero attached hydrogens (tertiary/aromatic N) is 1. The molecule has 0 saturated carbocycles. The number of amides is 1. The van der Waals surface area contributed by atoms with Crippen LogP contribution in [-0.2, 0) is 11.3 Å². The second-order valence-corrected chi connectivity index (χ2v) is 6.47. The SMILES string of the molecule is CCC(C)(C)CN(Cc1cc2c(=O)[nH]ccc2o1)C(=O)CCl. The number of hydrogen-bond acceptors (Lipinski definition) is 3. The second kappa shape index (κ2) is 6.57. The van der Waals surface area contributed by atoms with E-state index in [2.05, 4.69) is 25.8 Å². The van der Waals surface area contributed by atoms with Crippen LogP contribution in [0, 0.1) is 5.41 Å². The number of fused-ring (bicyclic) bond motifs is 1. The molecule has 1 N–H and O–H groups in total. The summed E-state index contributed by atoms with van der Waals surface area (Å²) in [6, 6.07) is 3.38. The zero-order valence-corrected chi connectivity index (χ0v) is 13.9. The predicted molar refractivity (Wildman–Crippen MR) is 87.0 cm³/mol. The second-order valence-electron chi connectivity index (χ2n) is 6.20. The third-order valence-electron chi connectivity index (χ3n) is 3.90. The van der Waals surface area contributed by atoms with E-state index in [1.54, 1.807) is 23.2 Å². The van der Waals surface area contributed by atoms with E-state index in [4.69, 9.17) is 16.0 Å². The molecule has 0 saturated heterocycles. The highest BCUT2D eigenvalue weighted by atomic mass is 35.5. The quantitative estimate of drug-likeness (QED) is 0.830. The molecule has 0 spiro atoms. The van der Waals surface area contributed by atoms with Crippen LogP contribution >= 0.6 is 11.6 Å². The summed E-state index contributed by atoms with van der Waals surface area (Å²) in [5, 5.41) is 0.491. The summed E-state index contributed by atoms with van der Waals surface area (Å²) in [7, 11) is 0. The molecule has 0 aliphatic carbocycles. The van der Waals surface area contributed by atoms with Gasteiger partial charge in [-0.25, -0.2) is 0 Å². The van der Waals surface area contributed by atoms with E-state index in [0.717, 1.165) is 6.42 Å². The van der Waals surface area contributed by atoms with E-state index in [1.165, 1.54) is 0 Å². The number of aromatic nitrogens is 1. The summed E-state index contributed by atoms with van der Waals surface area (Å²) in [5.74, 6) is 0.371. The minimum absolute atomic E-state index is 0.00872. The summed E-state index contributed by atoms with van der Waals surface area (Å²) in [5.41, 5.74) is 0.314. The van der Waals surface area contributed by atoms with E-state index in [1.807, 2.05) is 0 Å². The number of halogens is 1. The molecule has 0 unspecified atom stereocenters. The lowest BCUT2D eigenvalue weighted by molar-refractivity contribution is -0.130. The van der Waals surface area contributed by atoms with Gasteiger partial charge in [-0.05, 0) is 24.0 Å². The Balaban J connectivity index is 2.27. The molecule has 0 fully saturated rings. The van der Waals surface area contributed by atoms with Gasteiger partial charge in [0.05, 0.1) is 11.9 Å². The maximum atomic E-state index is 12.1. The van der Waals surface area contributed by atoms with Crippen molar-refractivity contribution in [3.05, 3.63) is 34.4 Å². The maximum absolute atomic E-state index is 12.1. The molecule has 0 aliphatic rings. The van der Waals surface area contributed by atoms with E-state index in [-0.39, 0.29) is 22.8 Å². The normalized spacial score (nSPS) is 11.8. The van der Waals surface area contributed by atoms with Crippen LogP contribution < -0.4 is 5.56 Å². The van der Waals surface area contributed by atoms with Crippen LogP contribution in [0.25, 0.3) is 11.0 Å². The average molecular weight is 325 g/mol. The molecule has 5 nitrogen and oxygen atoms in total. The fourth-order valence-corrected chi connectivity index (χ4v) is 2.41. The molecule has 6 heteroatoms. The van der Waals surface area contributed by atoms with Gasteiger partial charge in [0.25, 0.3) is 5.56 Å². The Labute approximate surface area is 134 Å². The standard InChI is InChI=1S/C16H21ClN2O3/c1-4-16(2,3)10-19(14(20)8-17)9-11-7-12-13(22-11)5-6-18-15(12)21/h5-7H,4,8-10H2,1-3H3,(H,18,21). The van der Waals surface area contributed by atoms with Crippen LogP contribution in [0.3, 0.4) is 0 Å². The Morgan fingerprint density at radius 2 is 2.18 bits per heavy atom. The molecule has 22 heavy (non-hydrogen) atoms. The van der Waals surface area contributed by atoms with Crippen molar-refractivity contribution in [1.29, 1.82) is 0 Å². The molecule has 1 amide bonds. The molecule has 2 rings (SSSR count). The van der Waals surface area contributed by atoms with Crippen LogP contribution in [0.2, 0.25) is 0 Å². The van der Waals surface area contributed by atoms with Gasteiger partial charge in [-0.15, -0.1) is 11.6 Å². The molecule has 120 valence electrons. The van der Waals surface area contributed by atoms with E-state index >= 15 is 0 Å². The van der Waals surface area contributed by atoms with Crippen molar-refractivity contribution >= 4 is 28.5 Å². The van der Waals surface area contributed by atoms with Crippen LogP contribution in [0.4, 0.5) is 0 Å². The van der Waals surface area contributed by atoms with E-state index < -0.39 is 0 Å². The molecule has 0 bridgehead atoms. The van der Waals surface area contributed by atoms with Gasteiger partial charge in [-0.3, -0.25) is 9.59 Å². The number of pyridine rings is 1. The number of carbonyl (C=O) groups is 1. The van der Waals surface area contributed by atoms with Crippen LogP contribution in [0.1, 0.15) is 33.0 Å². The van der Waals surface area contributed by atoms with Gasteiger partial charge in [0.1, 0.15) is 17.2 Å². The van der Waals surface area contributed by atoms with Gasteiger partial charge >= 0.3 is 0 Å². The maximum Gasteiger partial charge on any atom is 0.259 e. The van der Waals surface area contributed by atoms with Gasteiger partial charge in [0, 0.05) is 12.7 Å². The number of alkyl halides is 1. The van der Waals surface area contributed by atoms with Crippen LogP contribution in [-0.4, -0.2) is 28.2 Å².